The number of hydrogen-bond acceptors (Lipinski definition) is 3. The maximum atomic E-state index is 12.1. The Kier molecular flexibility index (Phi) is 4.79. The Hall–Kier alpha value is -1.56. The van der Waals surface area contributed by atoms with Crippen LogP contribution in [0.2, 0.25) is 0 Å². The molecular weight excluding hydrogens is 355 g/mol. The molecule has 0 aliphatic rings. The zero-order chi connectivity index (χ0) is 13.7. The molecule has 2 aromatic carbocycles. The summed E-state index contributed by atoms with van der Waals surface area (Å²) in [6.07, 6.45) is 0. The van der Waals surface area contributed by atoms with E-state index in [0.29, 0.717) is 23.7 Å². The highest BCUT2D eigenvalue weighted by Gasteiger charge is 2.14. The minimum absolute atomic E-state index is 0.412. The Balaban J connectivity index is 2.18. The number of para-hydroxylation sites is 1. The van der Waals surface area contributed by atoms with E-state index in [9.17, 15) is 4.79 Å². The molecule has 2 rings (SSSR count). The number of benzene rings is 2. The molecule has 0 aliphatic heterocycles. The first-order valence-electron chi connectivity index (χ1n) is 5.90. The van der Waals surface area contributed by atoms with E-state index in [1.54, 1.807) is 30.3 Å². The lowest BCUT2D eigenvalue weighted by Crippen LogP contribution is -2.10. The van der Waals surface area contributed by atoms with Crippen LogP contribution in [0.15, 0.2) is 48.5 Å². The van der Waals surface area contributed by atoms with Crippen LogP contribution in [-0.4, -0.2) is 12.6 Å². The van der Waals surface area contributed by atoms with Crippen molar-refractivity contribution < 1.29 is 14.3 Å². The van der Waals surface area contributed by atoms with Crippen LogP contribution in [0.25, 0.3) is 0 Å². The highest BCUT2D eigenvalue weighted by atomic mass is 127. The van der Waals surface area contributed by atoms with Gasteiger partial charge in [0.15, 0.2) is 0 Å². The van der Waals surface area contributed by atoms with Crippen molar-refractivity contribution in [1.29, 1.82) is 0 Å². The summed E-state index contributed by atoms with van der Waals surface area (Å²) in [7, 11) is 0. The lowest BCUT2D eigenvalue weighted by Gasteiger charge is -2.09. The van der Waals surface area contributed by atoms with E-state index in [1.807, 2.05) is 25.1 Å². The summed E-state index contributed by atoms with van der Waals surface area (Å²) in [5, 5.41) is 0. The van der Waals surface area contributed by atoms with Crippen LogP contribution in [-0.2, 0) is 0 Å². The van der Waals surface area contributed by atoms with E-state index in [-0.39, 0.29) is 0 Å². The zero-order valence-corrected chi connectivity index (χ0v) is 12.6. The van der Waals surface area contributed by atoms with Crippen LogP contribution in [0.5, 0.6) is 11.5 Å². The number of ether oxygens (including phenoxy) is 2. The predicted octanol–water partition coefficient (Wildman–Crippen LogP) is 3.91. The number of carbonyl (C=O) groups excluding carboxylic acids is 1. The minimum Gasteiger partial charge on any atom is -0.493 e. The van der Waals surface area contributed by atoms with Gasteiger partial charge in [0, 0.05) is 3.57 Å². The number of carbonyl (C=O) groups is 1. The molecule has 0 aliphatic carbocycles. The summed E-state index contributed by atoms with van der Waals surface area (Å²) in [4.78, 5) is 12.1. The van der Waals surface area contributed by atoms with Gasteiger partial charge in [0.25, 0.3) is 0 Å². The second-order valence-electron chi connectivity index (χ2n) is 3.77. The van der Waals surface area contributed by atoms with Crippen molar-refractivity contribution in [2.75, 3.05) is 6.61 Å². The molecule has 0 spiro atoms. The van der Waals surface area contributed by atoms with Gasteiger partial charge < -0.3 is 9.47 Å². The van der Waals surface area contributed by atoms with E-state index in [2.05, 4.69) is 22.6 Å². The van der Waals surface area contributed by atoms with Crippen LogP contribution in [0, 0.1) is 3.57 Å². The van der Waals surface area contributed by atoms with Crippen LogP contribution < -0.4 is 9.47 Å². The fraction of sp³-hybridized carbons (Fsp3) is 0.133. The molecule has 2 aromatic rings. The quantitative estimate of drug-likeness (QED) is 0.466. The van der Waals surface area contributed by atoms with Gasteiger partial charge in [0.05, 0.1) is 6.61 Å². The fourth-order valence-corrected chi connectivity index (χ4v) is 1.94. The summed E-state index contributed by atoms with van der Waals surface area (Å²) < 4.78 is 11.8. The minimum atomic E-state index is -0.412. The van der Waals surface area contributed by atoms with Gasteiger partial charge in [-0.25, -0.2) is 4.79 Å². The highest BCUT2D eigenvalue weighted by molar-refractivity contribution is 14.1. The molecule has 0 saturated carbocycles. The van der Waals surface area contributed by atoms with Crippen molar-refractivity contribution in [3.8, 4) is 11.5 Å². The molecule has 98 valence electrons. The third-order valence-electron chi connectivity index (χ3n) is 2.43. The normalized spacial score (nSPS) is 10.0. The molecule has 0 bridgehead atoms. The molecule has 0 atom stereocenters. The van der Waals surface area contributed by atoms with E-state index in [1.165, 1.54) is 0 Å². The molecule has 0 aromatic heterocycles. The summed E-state index contributed by atoms with van der Waals surface area (Å²) in [5.74, 6) is 0.655. The topological polar surface area (TPSA) is 35.5 Å². The Morgan fingerprint density at radius 3 is 2.47 bits per heavy atom. The van der Waals surface area contributed by atoms with Gasteiger partial charge in [0.1, 0.15) is 17.1 Å². The molecule has 0 N–H and O–H groups in total. The summed E-state index contributed by atoms with van der Waals surface area (Å²) in [5.41, 5.74) is 0.433. The Morgan fingerprint density at radius 2 is 1.79 bits per heavy atom. The van der Waals surface area contributed by atoms with Crippen molar-refractivity contribution in [2.45, 2.75) is 6.92 Å². The van der Waals surface area contributed by atoms with Gasteiger partial charge in [-0.05, 0) is 65.9 Å². The largest absolute Gasteiger partial charge is 0.493 e. The lowest BCUT2D eigenvalue weighted by molar-refractivity contribution is 0.0730. The SMILES string of the molecule is CCOc1ccccc1C(=O)Oc1ccc(I)cc1. The van der Waals surface area contributed by atoms with Crippen LogP contribution in [0.4, 0.5) is 0 Å². The number of esters is 1. The lowest BCUT2D eigenvalue weighted by atomic mass is 10.2. The third kappa shape index (κ3) is 3.70. The van der Waals surface area contributed by atoms with Gasteiger partial charge in [0.2, 0.25) is 0 Å². The maximum absolute atomic E-state index is 12.1. The Morgan fingerprint density at radius 1 is 1.11 bits per heavy atom. The standard InChI is InChI=1S/C15H13IO3/c1-2-18-14-6-4-3-5-13(14)15(17)19-12-9-7-11(16)8-10-12/h3-10H,2H2,1H3. The van der Waals surface area contributed by atoms with Crippen molar-refractivity contribution >= 4 is 28.6 Å². The van der Waals surface area contributed by atoms with Gasteiger partial charge in [-0.2, -0.15) is 0 Å². The first kappa shape index (κ1) is 13.9. The monoisotopic (exact) mass is 368 g/mol. The Labute approximate surface area is 125 Å². The molecule has 0 unspecified atom stereocenters. The van der Waals surface area contributed by atoms with Gasteiger partial charge in [-0.3, -0.25) is 0 Å². The van der Waals surface area contributed by atoms with Crippen molar-refractivity contribution in [1.82, 2.24) is 0 Å². The average molecular weight is 368 g/mol. The van der Waals surface area contributed by atoms with E-state index in [0.717, 1.165) is 3.57 Å². The third-order valence-corrected chi connectivity index (χ3v) is 3.15. The number of rotatable bonds is 4. The molecular formula is C15H13IO3. The van der Waals surface area contributed by atoms with Gasteiger partial charge in [-0.15, -0.1) is 0 Å². The molecule has 0 radical (unpaired) electrons. The second kappa shape index (κ2) is 6.56. The summed E-state index contributed by atoms with van der Waals surface area (Å²) in [6, 6.07) is 14.4. The molecule has 0 saturated heterocycles. The molecule has 4 heteroatoms. The van der Waals surface area contributed by atoms with Crippen molar-refractivity contribution in [3.63, 3.8) is 0 Å². The first-order chi connectivity index (χ1) is 9.20. The molecule has 3 nitrogen and oxygen atoms in total. The number of hydrogen-bond donors (Lipinski definition) is 0. The fourth-order valence-electron chi connectivity index (χ4n) is 1.58. The van der Waals surface area contributed by atoms with E-state index >= 15 is 0 Å². The first-order valence-corrected chi connectivity index (χ1v) is 6.98. The van der Waals surface area contributed by atoms with Crippen LogP contribution in [0.1, 0.15) is 17.3 Å². The van der Waals surface area contributed by atoms with Gasteiger partial charge >= 0.3 is 5.97 Å². The molecule has 0 heterocycles. The second-order valence-corrected chi connectivity index (χ2v) is 5.02. The van der Waals surface area contributed by atoms with Crippen LogP contribution >= 0.6 is 22.6 Å². The highest BCUT2D eigenvalue weighted by Crippen LogP contribution is 2.21. The molecule has 0 fully saturated rings. The van der Waals surface area contributed by atoms with E-state index in [4.69, 9.17) is 9.47 Å². The average Bonchev–Trinajstić information content (AvgIpc) is 2.42. The summed E-state index contributed by atoms with van der Waals surface area (Å²) in [6.45, 7) is 2.38. The maximum Gasteiger partial charge on any atom is 0.347 e. The molecule has 19 heavy (non-hydrogen) atoms. The van der Waals surface area contributed by atoms with Gasteiger partial charge in [-0.1, -0.05) is 12.1 Å². The Bertz CT molecular complexity index is 564. The zero-order valence-electron chi connectivity index (χ0n) is 10.4. The molecule has 0 amide bonds. The predicted molar refractivity (Wildman–Crippen MR) is 81.7 cm³/mol. The summed E-state index contributed by atoms with van der Waals surface area (Å²) >= 11 is 2.20. The van der Waals surface area contributed by atoms with E-state index < -0.39 is 5.97 Å². The number of halogens is 1. The van der Waals surface area contributed by atoms with Crippen molar-refractivity contribution in [3.05, 3.63) is 57.7 Å². The van der Waals surface area contributed by atoms with Crippen LogP contribution in [0.3, 0.4) is 0 Å². The smallest absolute Gasteiger partial charge is 0.347 e. The van der Waals surface area contributed by atoms with Crippen molar-refractivity contribution in [2.24, 2.45) is 0 Å².